The summed E-state index contributed by atoms with van der Waals surface area (Å²) in [6.07, 6.45) is 2.83. The van der Waals surface area contributed by atoms with E-state index < -0.39 is 0 Å². The molecule has 2 N–H and O–H groups in total. The smallest absolute Gasteiger partial charge is 0.252 e. The lowest BCUT2D eigenvalue weighted by Gasteiger charge is -2.08. The second-order valence-corrected chi connectivity index (χ2v) is 6.87. The monoisotopic (exact) mass is 374 g/mol. The van der Waals surface area contributed by atoms with Gasteiger partial charge in [0, 0.05) is 30.5 Å². The van der Waals surface area contributed by atoms with Crippen molar-refractivity contribution < 1.29 is 14.3 Å². The molecule has 0 saturated heterocycles. The lowest BCUT2D eigenvalue weighted by Crippen LogP contribution is -2.27. The highest BCUT2D eigenvalue weighted by atomic mass is 32.1. The first kappa shape index (κ1) is 20.0. The minimum absolute atomic E-state index is 0.0224. The van der Waals surface area contributed by atoms with E-state index in [0.29, 0.717) is 38.1 Å². The van der Waals surface area contributed by atoms with Gasteiger partial charge in [0.15, 0.2) is 0 Å². The van der Waals surface area contributed by atoms with Gasteiger partial charge in [0.25, 0.3) is 5.91 Å². The fourth-order valence-electron chi connectivity index (χ4n) is 2.31. The number of carbonyl (C=O) groups excluding carboxylic acids is 2. The number of hydrogen-bond acceptors (Lipinski definition) is 4. The zero-order valence-electron chi connectivity index (χ0n) is 15.1. The topological polar surface area (TPSA) is 67.4 Å². The van der Waals surface area contributed by atoms with Gasteiger partial charge in [-0.3, -0.25) is 9.59 Å². The third kappa shape index (κ3) is 7.70. The summed E-state index contributed by atoms with van der Waals surface area (Å²) in [6, 6.07) is 9.77. The molecule has 0 aliphatic carbocycles. The van der Waals surface area contributed by atoms with Crippen molar-refractivity contribution in [3.63, 3.8) is 0 Å². The zero-order valence-corrected chi connectivity index (χ0v) is 15.9. The van der Waals surface area contributed by atoms with E-state index in [1.54, 1.807) is 6.07 Å². The predicted molar refractivity (Wildman–Crippen MR) is 105 cm³/mol. The molecule has 1 aromatic heterocycles. The predicted octanol–water partition coefficient (Wildman–Crippen LogP) is 3.54. The van der Waals surface area contributed by atoms with Gasteiger partial charge in [-0.1, -0.05) is 17.7 Å². The summed E-state index contributed by atoms with van der Waals surface area (Å²) < 4.78 is 5.65. The van der Waals surface area contributed by atoms with Gasteiger partial charge >= 0.3 is 0 Å². The van der Waals surface area contributed by atoms with Crippen molar-refractivity contribution in [1.82, 2.24) is 10.6 Å². The van der Waals surface area contributed by atoms with E-state index in [9.17, 15) is 9.59 Å². The molecule has 6 heteroatoms. The molecular weight excluding hydrogens is 348 g/mol. The molecule has 0 spiro atoms. The van der Waals surface area contributed by atoms with Crippen molar-refractivity contribution in [2.24, 2.45) is 0 Å². The molecule has 2 rings (SSSR count). The van der Waals surface area contributed by atoms with Gasteiger partial charge in [0.2, 0.25) is 5.91 Å². The molecule has 0 bridgehead atoms. The van der Waals surface area contributed by atoms with Crippen LogP contribution in [0.4, 0.5) is 0 Å². The highest BCUT2D eigenvalue weighted by Gasteiger charge is 2.05. The number of hydrogen-bond donors (Lipinski definition) is 2. The van der Waals surface area contributed by atoms with Crippen LogP contribution in [0.15, 0.2) is 41.1 Å². The fraction of sp³-hybridized carbons (Fsp3) is 0.400. The van der Waals surface area contributed by atoms with Crippen LogP contribution in [0, 0.1) is 6.92 Å². The largest absolute Gasteiger partial charge is 0.494 e. The third-order valence-corrected chi connectivity index (χ3v) is 4.52. The summed E-state index contributed by atoms with van der Waals surface area (Å²) >= 11 is 1.49. The van der Waals surface area contributed by atoms with Gasteiger partial charge in [-0.2, -0.15) is 11.3 Å². The maximum atomic E-state index is 11.7. The molecule has 0 radical (unpaired) electrons. The minimum Gasteiger partial charge on any atom is -0.494 e. The van der Waals surface area contributed by atoms with Crippen molar-refractivity contribution in [2.75, 3.05) is 19.7 Å². The molecule has 140 valence electrons. The molecule has 5 nitrogen and oxygen atoms in total. The SMILES string of the molecule is Cc1ccc(OCCCCNC(=O)CCCNC(=O)c2ccsc2)cc1. The van der Waals surface area contributed by atoms with Crippen molar-refractivity contribution in [1.29, 1.82) is 0 Å². The maximum Gasteiger partial charge on any atom is 0.252 e. The highest BCUT2D eigenvalue weighted by molar-refractivity contribution is 7.08. The molecule has 0 unspecified atom stereocenters. The number of amides is 2. The normalized spacial score (nSPS) is 10.3. The third-order valence-electron chi connectivity index (χ3n) is 3.83. The van der Waals surface area contributed by atoms with Crippen LogP contribution in [0.3, 0.4) is 0 Å². The first-order chi connectivity index (χ1) is 12.6. The van der Waals surface area contributed by atoms with Crippen molar-refractivity contribution in [2.45, 2.75) is 32.6 Å². The number of ether oxygens (including phenoxy) is 1. The molecule has 2 aromatic rings. The van der Waals surface area contributed by atoms with Crippen LogP contribution in [-0.2, 0) is 4.79 Å². The number of unbranched alkanes of at least 4 members (excludes halogenated alkanes) is 1. The van der Waals surface area contributed by atoms with Crippen molar-refractivity contribution in [3.8, 4) is 5.75 Å². The van der Waals surface area contributed by atoms with Crippen LogP contribution in [0.25, 0.3) is 0 Å². The van der Waals surface area contributed by atoms with Crippen LogP contribution >= 0.6 is 11.3 Å². The van der Waals surface area contributed by atoms with E-state index in [-0.39, 0.29) is 11.8 Å². The average molecular weight is 375 g/mol. The van der Waals surface area contributed by atoms with Crippen molar-refractivity contribution >= 4 is 23.2 Å². The molecule has 0 atom stereocenters. The molecule has 0 saturated carbocycles. The van der Waals surface area contributed by atoms with Crippen LogP contribution < -0.4 is 15.4 Å². The molecule has 0 fully saturated rings. The summed E-state index contributed by atoms with van der Waals surface area (Å²) in [7, 11) is 0. The first-order valence-corrected chi connectivity index (χ1v) is 9.86. The van der Waals surface area contributed by atoms with Gasteiger partial charge in [-0.25, -0.2) is 0 Å². The minimum atomic E-state index is -0.0831. The fourth-order valence-corrected chi connectivity index (χ4v) is 2.95. The summed E-state index contributed by atoms with van der Waals surface area (Å²) in [5.41, 5.74) is 1.89. The van der Waals surface area contributed by atoms with E-state index >= 15 is 0 Å². The molecular formula is C20H26N2O3S. The zero-order chi connectivity index (χ0) is 18.6. The summed E-state index contributed by atoms with van der Waals surface area (Å²) in [5.74, 6) is 0.818. The molecule has 0 aliphatic rings. The lowest BCUT2D eigenvalue weighted by molar-refractivity contribution is -0.121. The molecule has 1 heterocycles. The van der Waals surface area contributed by atoms with Crippen LogP contribution in [0.5, 0.6) is 5.75 Å². The Morgan fingerprint density at radius 2 is 1.77 bits per heavy atom. The van der Waals surface area contributed by atoms with Crippen molar-refractivity contribution in [3.05, 3.63) is 52.2 Å². The van der Waals surface area contributed by atoms with Gasteiger partial charge < -0.3 is 15.4 Å². The lowest BCUT2D eigenvalue weighted by atomic mass is 10.2. The molecule has 1 aromatic carbocycles. The van der Waals surface area contributed by atoms with E-state index in [1.165, 1.54) is 16.9 Å². The van der Waals surface area contributed by atoms with Crippen LogP contribution in [-0.4, -0.2) is 31.5 Å². The molecule has 0 aliphatic heterocycles. The molecule has 2 amide bonds. The van der Waals surface area contributed by atoms with Crippen LogP contribution in [0.1, 0.15) is 41.6 Å². The summed E-state index contributed by atoms with van der Waals surface area (Å²) in [6.45, 7) is 3.85. The van der Waals surface area contributed by atoms with E-state index in [2.05, 4.69) is 10.6 Å². The number of aryl methyl sites for hydroxylation is 1. The van der Waals surface area contributed by atoms with E-state index in [1.807, 2.05) is 41.9 Å². The maximum absolute atomic E-state index is 11.7. The Morgan fingerprint density at radius 1 is 1.00 bits per heavy atom. The summed E-state index contributed by atoms with van der Waals surface area (Å²) in [4.78, 5) is 23.5. The van der Waals surface area contributed by atoms with E-state index in [0.717, 1.165) is 18.6 Å². The van der Waals surface area contributed by atoms with Gasteiger partial charge in [-0.15, -0.1) is 0 Å². The second kappa shape index (κ2) is 11.3. The Balaban J connectivity index is 1.43. The average Bonchev–Trinajstić information content (AvgIpc) is 3.18. The first-order valence-electron chi connectivity index (χ1n) is 8.92. The Morgan fingerprint density at radius 3 is 2.50 bits per heavy atom. The standard InChI is InChI=1S/C20H26N2O3S/c1-16-6-8-18(9-7-16)25-13-3-2-11-21-19(23)5-4-12-22-20(24)17-10-14-26-15-17/h6-10,14-15H,2-5,11-13H2,1H3,(H,21,23)(H,22,24). The Labute approximate surface area is 158 Å². The van der Waals surface area contributed by atoms with Gasteiger partial charge in [-0.05, 0) is 49.8 Å². The number of nitrogens with one attached hydrogen (secondary N) is 2. The van der Waals surface area contributed by atoms with Crippen LogP contribution in [0.2, 0.25) is 0 Å². The number of rotatable bonds is 11. The molecule has 26 heavy (non-hydrogen) atoms. The Bertz CT molecular complexity index is 669. The number of benzene rings is 1. The number of carbonyl (C=O) groups is 2. The Kier molecular flexibility index (Phi) is 8.69. The van der Waals surface area contributed by atoms with Gasteiger partial charge in [0.05, 0.1) is 6.61 Å². The highest BCUT2D eigenvalue weighted by Crippen LogP contribution is 2.11. The second-order valence-electron chi connectivity index (χ2n) is 6.09. The number of thiophene rings is 1. The van der Waals surface area contributed by atoms with E-state index in [4.69, 9.17) is 4.74 Å². The van der Waals surface area contributed by atoms with Gasteiger partial charge in [0.1, 0.15) is 5.75 Å². The summed E-state index contributed by atoms with van der Waals surface area (Å²) in [5, 5.41) is 9.39. The quantitative estimate of drug-likeness (QED) is 0.591. The Hall–Kier alpha value is -2.34.